The Morgan fingerprint density at radius 3 is 2.22 bits per heavy atom. The van der Waals surface area contributed by atoms with Gasteiger partial charge in [0.05, 0.1) is 0 Å². The third-order valence-corrected chi connectivity index (χ3v) is 9.14. The predicted molar refractivity (Wildman–Crippen MR) is 83.5 cm³/mol. The van der Waals surface area contributed by atoms with E-state index in [0.717, 1.165) is 19.5 Å². The molecule has 0 spiro atoms. The van der Waals surface area contributed by atoms with Crippen LogP contribution in [0.1, 0.15) is 33.6 Å². The van der Waals surface area contributed by atoms with E-state index in [0.29, 0.717) is 0 Å². The van der Waals surface area contributed by atoms with Crippen molar-refractivity contribution in [3.8, 4) is 11.5 Å². The topological polar surface area (TPSA) is 15.3 Å². The number of piperazine rings is 1. The van der Waals surface area contributed by atoms with Crippen molar-refractivity contribution in [2.75, 3.05) is 32.7 Å². The zero-order valence-electron chi connectivity index (χ0n) is 12.5. The summed E-state index contributed by atoms with van der Waals surface area (Å²) in [5.41, 5.74) is 3.68. The Morgan fingerprint density at radius 1 is 1.06 bits per heavy atom. The molecule has 0 unspecified atom stereocenters. The first-order valence-corrected chi connectivity index (χ1v) is 10.3. The molecule has 0 aromatic heterocycles. The van der Waals surface area contributed by atoms with Crippen molar-refractivity contribution in [2.45, 2.75) is 51.7 Å². The van der Waals surface area contributed by atoms with Crippen LogP contribution in [-0.2, 0) is 0 Å². The van der Waals surface area contributed by atoms with Crippen molar-refractivity contribution < 1.29 is 0 Å². The molecule has 1 rings (SSSR count). The second kappa shape index (κ2) is 8.74. The average Bonchev–Trinajstić information content (AvgIpc) is 2.45. The highest BCUT2D eigenvalue weighted by molar-refractivity contribution is 6.87. The molecule has 1 aliphatic rings. The van der Waals surface area contributed by atoms with E-state index in [2.05, 4.69) is 42.5 Å². The molecule has 1 heterocycles. The summed E-state index contributed by atoms with van der Waals surface area (Å²) in [6.45, 7) is 13.0. The van der Waals surface area contributed by atoms with E-state index in [1.807, 2.05) is 0 Å². The lowest BCUT2D eigenvalue weighted by atomic mass is 10.3. The van der Waals surface area contributed by atoms with E-state index in [4.69, 9.17) is 0 Å². The highest BCUT2D eigenvalue weighted by Crippen LogP contribution is 2.18. The smallest absolute Gasteiger partial charge is 0.137 e. The summed E-state index contributed by atoms with van der Waals surface area (Å²) in [5.74, 6) is 3.49. The van der Waals surface area contributed by atoms with Crippen molar-refractivity contribution >= 4 is 8.07 Å². The monoisotopic (exact) mass is 266 g/mol. The van der Waals surface area contributed by atoms with Crippen LogP contribution in [0, 0.1) is 11.5 Å². The van der Waals surface area contributed by atoms with E-state index in [1.54, 1.807) is 0 Å². The number of unbranched alkanes of at least 4 members (excludes halogenated alkanes) is 1. The molecule has 1 aliphatic heterocycles. The third-order valence-electron chi connectivity index (χ3n) is 4.37. The molecule has 0 radical (unpaired) electrons. The highest BCUT2D eigenvalue weighted by Gasteiger charge is 2.23. The molecule has 0 atom stereocenters. The van der Waals surface area contributed by atoms with Gasteiger partial charge in [-0.2, -0.15) is 0 Å². The summed E-state index contributed by atoms with van der Waals surface area (Å²) in [6, 6.07) is 3.97. The minimum absolute atomic E-state index is 1.10. The quantitative estimate of drug-likeness (QED) is 0.452. The van der Waals surface area contributed by atoms with Crippen molar-refractivity contribution in [3.63, 3.8) is 0 Å². The molecule has 1 fully saturated rings. The Bertz CT molecular complexity index is 262. The van der Waals surface area contributed by atoms with Gasteiger partial charge < -0.3 is 10.2 Å². The van der Waals surface area contributed by atoms with E-state index in [9.17, 15) is 0 Å². The molecule has 0 bridgehead atoms. The fourth-order valence-corrected chi connectivity index (χ4v) is 5.12. The van der Waals surface area contributed by atoms with E-state index < -0.39 is 8.07 Å². The molecule has 0 saturated carbocycles. The van der Waals surface area contributed by atoms with Gasteiger partial charge in [0.15, 0.2) is 0 Å². The number of nitrogens with zero attached hydrogens (tertiary/aromatic N) is 1. The molecule has 0 aliphatic carbocycles. The number of hydrogen-bond acceptors (Lipinski definition) is 2. The van der Waals surface area contributed by atoms with Crippen LogP contribution in [0.4, 0.5) is 0 Å². The summed E-state index contributed by atoms with van der Waals surface area (Å²) >= 11 is 0. The van der Waals surface area contributed by atoms with Crippen LogP contribution in [0.2, 0.25) is 18.1 Å². The van der Waals surface area contributed by atoms with Crippen LogP contribution in [0.25, 0.3) is 0 Å². The van der Waals surface area contributed by atoms with Gasteiger partial charge in [0.2, 0.25) is 0 Å². The van der Waals surface area contributed by atoms with Crippen LogP contribution in [-0.4, -0.2) is 45.7 Å². The molecule has 104 valence electrons. The Kier molecular flexibility index (Phi) is 7.65. The standard InChI is InChI=1S/C15H30N2Si/c1-4-18(5-2,6-3)15-9-7-8-12-17-13-10-16-11-14-17/h16H,4-8,10-14H2,1-3H3. The number of hydrogen-bond donors (Lipinski definition) is 1. The average molecular weight is 267 g/mol. The first-order valence-electron chi connectivity index (χ1n) is 7.69. The summed E-state index contributed by atoms with van der Waals surface area (Å²) in [4.78, 5) is 2.56. The van der Waals surface area contributed by atoms with Gasteiger partial charge in [-0.1, -0.05) is 20.8 Å². The molecule has 18 heavy (non-hydrogen) atoms. The summed E-state index contributed by atoms with van der Waals surface area (Å²) in [7, 11) is -1.19. The first kappa shape index (κ1) is 15.8. The zero-order valence-corrected chi connectivity index (χ0v) is 13.5. The Hall–Kier alpha value is -0.303. The van der Waals surface area contributed by atoms with Gasteiger partial charge in [-0.25, -0.2) is 0 Å². The zero-order chi connectivity index (χ0) is 13.3. The van der Waals surface area contributed by atoms with E-state index >= 15 is 0 Å². The van der Waals surface area contributed by atoms with Gasteiger partial charge in [0.1, 0.15) is 8.07 Å². The lowest BCUT2D eigenvalue weighted by Crippen LogP contribution is -2.43. The fraction of sp³-hybridized carbons (Fsp3) is 0.867. The molecule has 3 heteroatoms. The van der Waals surface area contributed by atoms with Gasteiger partial charge in [0, 0.05) is 32.6 Å². The molecule has 0 aromatic rings. The first-order chi connectivity index (χ1) is 8.76. The summed E-state index contributed by atoms with van der Waals surface area (Å²) in [6.07, 6.45) is 2.34. The SMILES string of the molecule is CC[Si](C#CCCCN1CCNCC1)(CC)CC. The molecule has 0 amide bonds. The van der Waals surface area contributed by atoms with Gasteiger partial charge >= 0.3 is 0 Å². The Labute approximate surface area is 115 Å². The summed E-state index contributed by atoms with van der Waals surface area (Å²) in [5, 5.41) is 3.39. The minimum atomic E-state index is -1.19. The van der Waals surface area contributed by atoms with Crippen LogP contribution in [0.5, 0.6) is 0 Å². The number of nitrogens with one attached hydrogen (secondary N) is 1. The molecule has 1 N–H and O–H groups in total. The lowest BCUT2D eigenvalue weighted by molar-refractivity contribution is 0.239. The van der Waals surface area contributed by atoms with Crippen molar-refractivity contribution in [2.24, 2.45) is 0 Å². The second-order valence-corrected chi connectivity index (χ2v) is 10.3. The maximum Gasteiger partial charge on any atom is 0.137 e. The molecule has 2 nitrogen and oxygen atoms in total. The van der Waals surface area contributed by atoms with Gasteiger partial charge in [-0.15, -0.1) is 11.5 Å². The van der Waals surface area contributed by atoms with Gasteiger partial charge in [0.25, 0.3) is 0 Å². The van der Waals surface area contributed by atoms with Crippen LogP contribution in [0.3, 0.4) is 0 Å². The second-order valence-electron chi connectivity index (χ2n) is 5.34. The lowest BCUT2D eigenvalue weighted by Gasteiger charge is -2.26. The maximum absolute atomic E-state index is 3.68. The van der Waals surface area contributed by atoms with Gasteiger partial charge in [-0.05, 0) is 31.1 Å². The Morgan fingerprint density at radius 2 is 1.67 bits per heavy atom. The van der Waals surface area contributed by atoms with Crippen LogP contribution >= 0.6 is 0 Å². The third kappa shape index (κ3) is 5.13. The van der Waals surface area contributed by atoms with Crippen molar-refractivity contribution in [1.29, 1.82) is 0 Å². The van der Waals surface area contributed by atoms with Crippen LogP contribution in [0.15, 0.2) is 0 Å². The maximum atomic E-state index is 3.68. The van der Waals surface area contributed by atoms with Crippen molar-refractivity contribution in [3.05, 3.63) is 0 Å². The largest absolute Gasteiger partial charge is 0.314 e. The molecule has 0 aromatic carbocycles. The van der Waals surface area contributed by atoms with E-state index in [-0.39, 0.29) is 0 Å². The molecular weight excluding hydrogens is 236 g/mol. The van der Waals surface area contributed by atoms with E-state index in [1.165, 1.54) is 44.2 Å². The predicted octanol–water partition coefficient (Wildman–Crippen LogP) is 2.72. The number of rotatable bonds is 6. The summed E-state index contributed by atoms with van der Waals surface area (Å²) < 4.78 is 0. The van der Waals surface area contributed by atoms with Crippen LogP contribution < -0.4 is 5.32 Å². The molecule has 1 saturated heterocycles. The normalized spacial score (nSPS) is 17.3. The highest BCUT2D eigenvalue weighted by atomic mass is 28.3. The van der Waals surface area contributed by atoms with Crippen molar-refractivity contribution in [1.82, 2.24) is 10.2 Å². The molecular formula is C15H30N2Si. The minimum Gasteiger partial charge on any atom is -0.314 e. The fourth-order valence-electron chi connectivity index (χ4n) is 2.59. The Balaban J connectivity index is 2.23. The van der Waals surface area contributed by atoms with Gasteiger partial charge in [-0.3, -0.25) is 0 Å².